The molecule has 3 aromatic carbocycles. The number of fused-ring (bicyclic) bond motifs is 4. The molecule has 4 aromatic rings. The second kappa shape index (κ2) is 10.5. The first-order valence-electron chi connectivity index (χ1n) is 13.8. The monoisotopic (exact) mass is 579 g/mol. The van der Waals surface area contributed by atoms with Gasteiger partial charge in [-0.15, -0.1) is 11.3 Å². The number of piperidine rings is 1. The molecule has 1 aromatic heterocycles. The average molecular weight is 580 g/mol. The van der Waals surface area contributed by atoms with E-state index in [1.807, 2.05) is 24.3 Å². The molecule has 2 aliphatic heterocycles. The van der Waals surface area contributed by atoms with Crippen LogP contribution in [0.4, 0.5) is 4.79 Å². The van der Waals surface area contributed by atoms with E-state index >= 15 is 0 Å². The minimum atomic E-state index is -0.836. The zero-order chi connectivity index (χ0) is 28.8. The highest BCUT2D eigenvalue weighted by Crippen LogP contribution is 2.44. The molecule has 42 heavy (non-hydrogen) atoms. The van der Waals surface area contributed by atoms with Crippen molar-refractivity contribution >= 4 is 35.2 Å². The Bertz CT molecular complexity index is 1670. The predicted octanol–water partition coefficient (Wildman–Crippen LogP) is 5.64. The Morgan fingerprint density at radius 3 is 2.10 bits per heavy atom. The molecule has 9 nitrogen and oxygen atoms in total. The van der Waals surface area contributed by atoms with Crippen LogP contribution in [0.15, 0.2) is 79.0 Å². The summed E-state index contributed by atoms with van der Waals surface area (Å²) >= 11 is 1.14. The van der Waals surface area contributed by atoms with E-state index in [1.54, 1.807) is 17.0 Å². The van der Waals surface area contributed by atoms with E-state index in [2.05, 4.69) is 29.2 Å². The zero-order valence-corrected chi connectivity index (χ0v) is 23.2. The van der Waals surface area contributed by atoms with Crippen LogP contribution in [0.25, 0.3) is 11.1 Å². The van der Waals surface area contributed by atoms with Gasteiger partial charge < -0.3 is 14.5 Å². The van der Waals surface area contributed by atoms with Crippen molar-refractivity contribution in [3.8, 4) is 11.1 Å². The third-order valence-electron chi connectivity index (χ3n) is 8.02. The smallest absolute Gasteiger partial charge is 0.409 e. The van der Waals surface area contributed by atoms with E-state index in [-0.39, 0.29) is 40.5 Å². The minimum Gasteiger partial charge on any atom is -0.448 e. The van der Waals surface area contributed by atoms with Gasteiger partial charge in [-0.3, -0.25) is 9.59 Å². The molecule has 3 aliphatic rings. The Labute approximate surface area is 245 Å². The first kappa shape index (κ1) is 26.1. The topological polar surface area (TPSA) is 106 Å². The van der Waals surface area contributed by atoms with Crippen LogP contribution in [0, 0.1) is 0 Å². The van der Waals surface area contributed by atoms with Crippen molar-refractivity contribution in [1.82, 2.24) is 14.9 Å². The molecule has 0 saturated carbocycles. The maximum atomic E-state index is 13.2. The van der Waals surface area contributed by atoms with Crippen LogP contribution < -0.4 is 0 Å². The van der Waals surface area contributed by atoms with E-state index in [1.165, 1.54) is 29.5 Å². The molecule has 1 unspecified atom stereocenters. The van der Waals surface area contributed by atoms with Gasteiger partial charge in [0.2, 0.25) is 0 Å². The van der Waals surface area contributed by atoms with E-state index in [4.69, 9.17) is 9.57 Å². The van der Waals surface area contributed by atoms with Crippen molar-refractivity contribution in [2.45, 2.75) is 24.7 Å². The molecule has 0 spiro atoms. The normalized spacial score (nSPS) is 17.6. The third kappa shape index (κ3) is 4.44. The number of benzene rings is 3. The largest absolute Gasteiger partial charge is 0.448 e. The number of aromatic nitrogens is 1. The highest BCUT2D eigenvalue weighted by molar-refractivity contribution is 7.13. The first-order chi connectivity index (χ1) is 20.5. The average Bonchev–Trinajstić information content (AvgIpc) is 3.71. The number of hydrogen-bond acceptors (Lipinski definition) is 8. The van der Waals surface area contributed by atoms with Crippen molar-refractivity contribution in [1.29, 1.82) is 0 Å². The van der Waals surface area contributed by atoms with E-state index in [0.717, 1.165) is 35.3 Å². The number of hydroxylamine groups is 2. The van der Waals surface area contributed by atoms with Gasteiger partial charge in [0, 0.05) is 24.9 Å². The summed E-state index contributed by atoms with van der Waals surface area (Å²) in [5, 5.41) is 1.17. The number of imide groups is 1. The van der Waals surface area contributed by atoms with E-state index in [9.17, 15) is 19.2 Å². The van der Waals surface area contributed by atoms with Crippen molar-refractivity contribution in [3.05, 3.63) is 111 Å². The van der Waals surface area contributed by atoms with Gasteiger partial charge in [-0.25, -0.2) is 14.6 Å². The Morgan fingerprint density at radius 2 is 1.45 bits per heavy atom. The van der Waals surface area contributed by atoms with Gasteiger partial charge in [-0.1, -0.05) is 65.7 Å². The summed E-state index contributed by atoms with van der Waals surface area (Å²) < 4.78 is 5.85. The molecule has 3 heterocycles. The van der Waals surface area contributed by atoms with Crippen LogP contribution in [0.1, 0.15) is 71.2 Å². The molecule has 1 atom stereocenters. The lowest BCUT2D eigenvalue weighted by molar-refractivity contribution is -0.0581. The fraction of sp³-hybridized carbons (Fsp3) is 0.219. The highest BCUT2D eigenvalue weighted by Gasteiger charge is 2.39. The molecule has 3 amide bonds. The maximum absolute atomic E-state index is 13.2. The van der Waals surface area contributed by atoms with Crippen LogP contribution in [-0.2, 0) is 9.57 Å². The van der Waals surface area contributed by atoms with Crippen LogP contribution in [0.2, 0.25) is 0 Å². The molecule has 10 heteroatoms. The van der Waals surface area contributed by atoms with E-state index < -0.39 is 17.8 Å². The lowest BCUT2D eigenvalue weighted by Crippen LogP contribution is -2.39. The number of amides is 3. The molecule has 1 aliphatic carbocycles. The molecule has 0 bridgehead atoms. The van der Waals surface area contributed by atoms with Gasteiger partial charge in [0.15, 0.2) is 0 Å². The third-order valence-corrected chi connectivity index (χ3v) is 9.16. The second-order valence-electron chi connectivity index (χ2n) is 10.5. The van der Waals surface area contributed by atoms with Gasteiger partial charge >= 0.3 is 12.1 Å². The van der Waals surface area contributed by atoms with Crippen LogP contribution >= 0.6 is 11.3 Å². The predicted molar refractivity (Wildman–Crippen MR) is 153 cm³/mol. The van der Waals surface area contributed by atoms with Crippen molar-refractivity contribution < 1.29 is 28.8 Å². The number of carbonyl (C=O) groups is 4. The Morgan fingerprint density at radius 1 is 0.857 bits per heavy atom. The molecule has 0 N–H and O–H groups in total. The van der Waals surface area contributed by atoms with Gasteiger partial charge in [0.05, 0.1) is 22.3 Å². The van der Waals surface area contributed by atoms with Crippen LogP contribution in [-0.4, -0.2) is 58.5 Å². The van der Waals surface area contributed by atoms with Crippen molar-refractivity contribution in [2.75, 3.05) is 19.7 Å². The zero-order valence-electron chi connectivity index (χ0n) is 22.4. The molecule has 0 radical (unpaired) electrons. The number of carbonyl (C=O) groups excluding carboxylic acids is 4. The Kier molecular flexibility index (Phi) is 6.54. The van der Waals surface area contributed by atoms with Crippen molar-refractivity contribution in [2.24, 2.45) is 0 Å². The molecular formula is C32H25N3O6S. The SMILES string of the molecule is O=C(ON1C(=O)c2ccccc2C1=O)c1cnc(C2CCCN(C(=O)OCC3c4ccccc4-c4ccccc43)C2)s1. The van der Waals surface area contributed by atoms with E-state index in [0.29, 0.717) is 23.2 Å². The standard InChI is InChI=1S/C32H25N3O6S/c36-29-24-13-5-6-14-25(24)30(37)35(29)41-31(38)27-16-33-28(42-27)19-8-7-15-34(17-19)32(39)40-18-26-22-11-3-1-9-20(22)21-10-2-4-12-23(21)26/h1-6,9-14,16,19,26H,7-8,15,17-18H2. The first-order valence-corrected chi connectivity index (χ1v) is 14.6. The molecule has 210 valence electrons. The van der Waals surface area contributed by atoms with Crippen LogP contribution in [0.5, 0.6) is 0 Å². The fourth-order valence-electron chi connectivity index (χ4n) is 5.98. The van der Waals surface area contributed by atoms with Crippen molar-refractivity contribution in [3.63, 3.8) is 0 Å². The lowest BCUT2D eigenvalue weighted by atomic mass is 9.98. The molecule has 7 rings (SSSR count). The summed E-state index contributed by atoms with van der Waals surface area (Å²) in [6.07, 6.45) is 2.58. The number of rotatable bonds is 5. The fourth-order valence-corrected chi connectivity index (χ4v) is 6.89. The Hall–Kier alpha value is -4.83. The lowest BCUT2D eigenvalue weighted by Gasteiger charge is -2.31. The minimum absolute atomic E-state index is 0.0170. The molecule has 1 fully saturated rings. The number of likely N-dealkylation sites (tertiary alicyclic amines) is 1. The van der Waals surface area contributed by atoms with Crippen LogP contribution in [0.3, 0.4) is 0 Å². The number of nitrogens with zero attached hydrogens (tertiary/aromatic N) is 3. The molecule has 1 saturated heterocycles. The summed E-state index contributed by atoms with van der Waals surface area (Å²) in [7, 11) is 0. The van der Waals surface area contributed by atoms with Gasteiger partial charge in [-0.05, 0) is 47.2 Å². The summed E-state index contributed by atoms with van der Waals surface area (Å²) in [6.45, 7) is 1.24. The van der Waals surface area contributed by atoms with Gasteiger partial charge in [0.1, 0.15) is 11.5 Å². The summed E-state index contributed by atoms with van der Waals surface area (Å²) in [4.78, 5) is 62.5. The van der Waals surface area contributed by atoms with Gasteiger partial charge in [-0.2, -0.15) is 0 Å². The maximum Gasteiger partial charge on any atom is 0.409 e. The number of hydrogen-bond donors (Lipinski definition) is 0. The summed E-state index contributed by atoms with van der Waals surface area (Å²) in [6, 6.07) is 22.7. The quantitative estimate of drug-likeness (QED) is 0.282. The van der Waals surface area contributed by atoms with Gasteiger partial charge in [0.25, 0.3) is 11.8 Å². The number of thiazole rings is 1. The summed E-state index contributed by atoms with van der Waals surface area (Å²) in [5.41, 5.74) is 5.05. The summed E-state index contributed by atoms with van der Waals surface area (Å²) in [5.74, 6) is -2.29. The Balaban J connectivity index is 0.986. The molecular weight excluding hydrogens is 554 g/mol. The number of ether oxygens (including phenoxy) is 1. The second-order valence-corrected chi connectivity index (χ2v) is 11.5. The highest BCUT2D eigenvalue weighted by atomic mass is 32.1.